The fourth-order valence-corrected chi connectivity index (χ4v) is 8.83. The molecular weight excluding hydrogens is 973 g/mol. The molecule has 0 aliphatic heterocycles. The average Bonchev–Trinajstić information content (AvgIpc) is 3.45. The van der Waals surface area contributed by atoms with Crippen molar-refractivity contribution in [2.75, 3.05) is 13.2 Å². The lowest BCUT2D eigenvalue weighted by atomic mass is 10.0. The van der Waals surface area contributed by atoms with Gasteiger partial charge in [0.15, 0.2) is 6.10 Å². The lowest BCUT2D eigenvalue weighted by Gasteiger charge is -2.18. The van der Waals surface area contributed by atoms with E-state index in [2.05, 4.69) is 154 Å². The van der Waals surface area contributed by atoms with Gasteiger partial charge >= 0.3 is 17.9 Å². The Hall–Kier alpha value is -4.45. The highest BCUT2D eigenvalue weighted by molar-refractivity contribution is 5.71. The number of carbonyl (C=O) groups excluding carboxylic acids is 3. The Labute approximate surface area is 487 Å². The molecule has 0 rings (SSSR count). The van der Waals surface area contributed by atoms with Gasteiger partial charge in [-0.1, -0.05) is 289 Å². The van der Waals surface area contributed by atoms with Gasteiger partial charge in [0.25, 0.3) is 0 Å². The largest absolute Gasteiger partial charge is 0.462 e. The van der Waals surface area contributed by atoms with Gasteiger partial charge in [-0.05, 0) is 116 Å². The van der Waals surface area contributed by atoms with Gasteiger partial charge in [0, 0.05) is 19.3 Å². The summed E-state index contributed by atoms with van der Waals surface area (Å²) in [5, 5.41) is 0. The van der Waals surface area contributed by atoms with E-state index in [4.69, 9.17) is 14.2 Å². The predicted molar refractivity (Wildman–Crippen MR) is 343 cm³/mol. The lowest BCUT2D eigenvalue weighted by molar-refractivity contribution is -0.167. The van der Waals surface area contributed by atoms with Crippen LogP contribution in [0.1, 0.15) is 290 Å². The van der Waals surface area contributed by atoms with Gasteiger partial charge in [0.05, 0.1) is 0 Å². The maximum absolute atomic E-state index is 12.9. The van der Waals surface area contributed by atoms with Gasteiger partial charge < -0.3 is 14.2 Å². The van der Waals surface area contributed by atoms with E-state index in [9.17, 15) is 14.4 Å². The summed E-state index contributed by atoms with van der Waals surface area (Å²) in [6, 6.07) is 0. The van der Waals surface area contributed by atoms with E-state index >= 15 is 0 Å². The van der Waals surface area contributed by atoms with Crippen molar-refractivity contribution in [3.8, 4) is 0 Å². The van der Waals surface area contributed by atoms with Gasteiger partial charge in [-0.15, -0.1) is 0 Å². The zero-order chi connectivity index (χ0) is 57.1. The normalized spacial score (nSPS) is 13.0. The molecule has 0 N–H and O–H groups in total. The number of hydrogen-bond acceptors (Lipinski definition) is 6. The summed E-state index contributed by atoms with van der Waals surface area (Å²) in [6.07, 6.45) is 93.3. The Kier molecular flexibility index (Phi) is 62.3. The molecule has 1 atom stereocenters. The second-order valence-corrected chi connectivity index (χ2v) is 21.3. The van der Waals surface area contributed by atoms with E-state index in [1.807, 2.05) is 0 Å². The van der Waals surface area contributed by atoms with Crippen molar-refractivity contribution in [2.24, 2.45) is 0 Å². The van der Waals surface area contributed by atoms with Crippen molar-refractivity contribution in [2.45, 2.75) is 297 Å². The van der Waals surface area contributed by atoms with Crippen molar-refractivity contribution in [3.05, 3.63) is 134 Å². The second kappa shape index (κ2) is 66.1. The van der Waals surface area contributed by atoms with Crippen LogP contribution in [0.5, 0.6) is 0 Å². The number of ether oxygens (including phenoxy) is 3. The van der Waals surface area contributed by atoms with Crippen LogP contribution in [0.3, 0.4) is 0 Å². The van der Waals surface area contributed by atoms with Crippen molar-refractivity contribution in [1.82, 2.24) is 0 Å². The molecule has 0 heterocycles. The summed E-state index contributed by atoms with van der Waals surface area (Å²) in [7, 11) is 0. The van der Waals surface area contributed by atoms with Crippen LogP contribution in [-0.2, 0) is 28.6 Å². The summed E-state index contributed by atoms with van der Waals surface area (Å²) in [5.41, 5.74) is 0. The summed E-state index contributed by atoms with van der Waals surface area (Å²) < 4.78 is 16.9. The third-order valence-corrected chi connectivity index (χ3v) is 13.7. The van der Waals surface area contributed by atoms with Crippen molar-refractivity contribution in [1.29, 1.82) is 0 Å². The summed E-state index contributed by atoms with van der Waals surface area (Å²) >= 11 is 0. The Balaban J connectivity index is 4.43. The molecule has 0 saturated carbocycles. The van der Waals surface area contributed by atoms with Crippen LogP contribution in [0.2, 0.25) is 0 Å². The van der Waals surface area contributed by atoms with Crippen LogP contribution >= 0.6 is 0 Å². The molecule has 0 aromatic rings. The van der Waals surface area contributed by atoms with Crippen LogP contribution in [0.25, 0.3) is 0 Å². The number of hydrogen-bond donors (Lipinski definition) is 0. The van der Waals surface area contributed by atoms with E-state index in [0.717, 1.165) is 128 Å². The van der Waals surface area contributed by atoms with Crippen LogP contribution in [0.15, 0.2) is 134 Å². The first-order valence-electron chi connectivity index (χ1n) is 32.7. The number of carbonyl (C=O) groups is 3. The Morgan fingerprint density at radius 2 is 0.494 bits per heavy atom. The molecule has 0 fully saturated rings. The van der Waals surface area contributed by atoms with Gasteiger partial charge in [-0.3, -0.25) is 14.4 Å². The summed E-state index contributed by atoms with van der Waals surface area (Å²) in [5.74, 6) is -0.975. The second-order valence-electron chi connectivity index (χ2n) is 21.3. The van der Waals surface area contributed by atoms with Crippen LogP contribution in [-0.4, -0.2) is 37.2 Å². The average molecular weight is 1090 g/mol. The van der Waals surface area contributed by atoms with Crippen LogP contribution in [0, 0.1) is 0 Å². The van der Waals surface area contributed by atoms with Crippen molar-refractivity contribution in [3.63, 3.8) is 0 Å². The van der Waals surface area contributed by atoms with Crippen LogP contribution in [0.4, 0.5) is 0 Å². The molecule has 0 aliphatic rings. The fourth-order valence-electron chi connectivity index (χ4n) is 8.83. The van der Waals surface area contributed by atoms with Crippen LogP contribution < -0.4 is 0 Å². The molecule has 0 radical (unpaired) electrons. The first-order chi connectivity index (χ1) is 39.0. The fraction of sp³-hybridized carbons (Fsp3) is 0.658. The maximum atomic E-state index is 12.9. The molecule has 448 valence electrons. The molecule has 0 spiro atoms. The Morgan fingerprint density at radius 1 is 0.266 bits per heavy atom. The van der Waals surface area contributed by atoms with Gasteiger partial charge in [0.1, 0.15) is 13.2 Å². The van der Waals surface area contributed by atoms with Gasteiger partial charge in [-0.2, -0.15) is 0 Å². The first kappa shape index (κ1) is 74.5. The molecule has 0 amide bonds. The highest BCUT2D eigenvalue weighted by Crippen LogP contribution is 2.16. The third-order valence-electron chi connectivity index (χ3n) is 13.7. The highest BCUT2D eigenvalue weighted by atomic mass is 16.6. The molecule has 79 heavy (non-hydrogen) atoms. The lowest BCUT2D eigenvalue weighted by Crippen LogP contribution is -2.30. The van der Waals surface area contributed by atoms with Gasteiger partial charge in [-0.25, -0.2) is 0 Å². The molecule has 6 nitrogen and oxygen atoms in total. The van der Waals surface area contributed by atoms with Crippen molar-refractivity contribution >= 4 is 17.9 Å². The first-order valence-corrected chi connectivity index (χ1v) is 32.7. The molecule has 6 heteroatoms. The van der Waals surface area contributed by atoms with Gasteiger partial charge in [0.2, 0.25) is 0 Å². The summed E-state index contributed by atoms with van der Waals surface area (Å²) in [6.45, 7) is 6.37. The molecule has 1 unspecified atom stereocenters. The molecule has 0 bridgehead atoms. The minimum Gasteiger partial charge on any atom is -0.462 e. The molecule has 0 saturated heterocycles. The zero-order valence-electron chi connectivity index (χ0n) is 51.3. The van der Waals surface area contributed by atoms with E-state index in [0.29, 0.717) is 25.7 Å². The molecule has 0 aliphatic carbocycles. The van der Waals surface area contributed by atoms with Crippen molar-refractivity contribution < 1.29 is 28.6 Å². The highest BCUT2D eigenvalue weighted by Gasteiger charge is 2.19. The Morgan fingerprint density at radius 3 is 0.797 bits per heavy atom. The quantitative estimate of drug-likeness (QED) is 0.0261. The standard InChI is InChI=1S/C73H120O6/c1-4-7-10-13-16-19-22-25-27-29-31-33-34-35-36-37-38-40-41-43-45-48-51-54-57-60-63-66-72(75)78-69-70(68-77-71(74)65-62-59-56-53-50-47-24-21-18-15-12-9-6-3)79-73(76)67-64-61-58-55-52-49-46-44-42-39-32-30-28-26-23-20-17-14-11-8-5-2/h7,9-10,12,16,18-19,21,25,27,31,33,35-36,38,40,43,45,47,50-51,54,70H,4-6,8,11,13-15,17,20,22-24,26,28-30,32,34,37,39,41-42,44,46,48-49,52-53,55-69H2,1-3H3/b10-7-,12-9-,19-16-,21-18-,27-25-,33-31-,36-35-,40-38-,45-43-,50-47-,54-51-. The zero-order valence-corrected chi connectivity index (χ0v) is 51.3. The number of allylic oxidation sites excluding steroid dienone is 22. The molecule has 0 aromatic heterocycles. The van der Waals surface area contributed by atoms with E-state index in [1.165, 1.54) is 116 Å². The minimum absolute atomic E-state index is 0.109. The number of rotatable bonds is 58. The monoisotopic (exact) mass is 1090 g/mol. The predicted octanol–water partition coefficient (Wildman–Crippen LogP) is 22.5. The van der Waals surface area contributed by atoms with E-state index in [1.54, 1.807) is 0 Å². The third kappa shape index (κ3) is 64.3. The number of unbranched alkanes of at least 4 members (excludes halogenated alkanes) is 25. The van der Waals surface area contributed by atoms with E-state index in [-0.39, 0.29) is 31.1 Å². The van der Waals surface area contributed by atoms with E-state index < -0.39 is 6.10 Å². The smallest absolute Gasteiger partial charge is 0.306 e. The SMILES string of the molecule is CC/C=C\C/C=C\C/C=C\C/C=C\C/C=C\C/C=C\C/C=C\C/C=C\CCCCC(=O)OCC(COC(=O)CCCCC/C=C\C/C=C\C/C=C\CC)OC(=O)CCCCCCCCCCCCCCCCCCCCCCC. The molecular formula is C73H120O6. The molecule has 0 aromatic carbocycles. The summed E-state index contributed by atoms with van der Waals surface area (Å²) in [4.78, 5) is 38.3. The maximum Gasteiger partial charge on any atom is 0.306 e. The minimum atomic E-state index is -0.812. The number of esters is 3. The topological polar surface area (TPSA) is 78.9 Å². The Bertz CT molecular complexity index is 1680.